The monoisotopic (exact) mass is 594 g/mol. The van der Waals surface area contributed by atoms with Crippen LogP contribution < -0.4 is 20.5 Å². The molecular weight excluding hydrogens is 558 g/mol. The van der Waals surface area contributed by atoms with Gasteiger partial charge >= 0.3 is 18.7 Å². The van der Waals surface area contributed by atoms with Gasteiger partial charge in [0.25, 0.3) is 5.91 Å². The molecule has 2 heterocycles. The van der Waals surface area contributed by atoms with E-state index in [4.69, 9.17) is 24.4 Å². The van der Waals surface area contributed by atoms with E-state index in [1.165, 1.54) is 30.2 Å². The van der Waals surface area contributed by atoms with Gasteiger partial charge in [-0.1, -0.05) is 0 Å². The predicted molar refractivity (Wildman–Crippen MR) is 144 cm³/mol. The van der Waals surface area contributed by atoms with E-state index in [2.05, 4.69) is 15.0 Å². The second-order valence-corrected chi connectivity index (χ2v) is 10.3. The fourth-order valence-corrected chi connectivity index (χ4v) is 4.78. The van der Waals surface area contributed by atoms with Crippen LogP contribution in [0.3, 0.4) is 0 Å². The van der Waals surface area contributed by atoms with Gasteiger partial charge in [-0.3, -0.25) is 9.59 Å². The molecule has 42 heavy (non-hydrogen) atoms. The molecule has 2 amide bonds. The summed E-state index contributed by atoms with van der Waals surface area (Å²) in [4.78, 5) is 43.8. The Morgan fingerprint density at radius 1 is 1.24 bits per heavy atom. The number of ether oxygens (including phenoxy) is 4. The molecule has 1 aliphatic carbocycles. The van der Waals surface area contributed by atoms with Crippen molar-refractivity contribution in [1.82, 2.24) is 15.2 Å². The number of nitrogens with one attached hydrogen (secondary N) is 1. The van der Waals surface area contributed by atoms with Crippen molar-refractivity contribution in [2.45, 2.75) is 70.7 Å². The highest BCUT2D eigenvalue weighted by Gasteiger charge is 2.39. The van der Waals surface area contributed by atoms with Gasteiger partial charge in [0.15, 0.2) is 23.0 Å². The van der Waals surface area contributed by atoms with E-state index < -0.39 is 42.7 Å². The molecule has 0 bridgehead atoms. The highest BCUT2D eigenvalue weighted by Crippen LogP contribution is 2.37. The highest BCUT2D eigenvalue weighted by atomic mass is 19.3. The number of likely N-dealkylation sites (tertiary alicyclic amines) is 1. The molecule has 0 unspecified atom stereocenters. The van der Waals surface area contributed by atoms with E-state index in [0.717, 1.165) is 12.8 Å². The fourth-order valence-electron chi connectivity index (χ4n) is 4.78. The van der Waals surface area contributed by atoms with Gasteiger partial charge in [-0.25, -0.2) is 9.78 Å². The predicted octanol–water partition coefficient (Wildman–Crippen LogP) is 4.03. The summed E-state index contributed by atoms with van der Waals surface area (Å²) in [6.45, 7) is 1.03. The number of alkyl halides is 2. The van der Waals surface area contributed by atoms with Gasteiger partial charge in [0.2, 0.25) is 5.89 Å². The number of nitrogens with zero attached hydrogens (tertiary/aromatic N) is 2. The smallest absolute Gasteiger partial charge is 0.407 e. The van der Waals surface area contributed by atoms with Crippen molar-refractivity contribution in [3.05, 3.63) is 29.7 Å². The summed E-state index contributed by atoms with van der Waals surface area (Å²) in [7, 11) is 1.24. The van der Waals surface area contributed by atoms with Gasteiger partial charge in [-0.15, -0.1) is 0 Å². The van der Waals surface area contributed by atoms with Crippen molar-refractivity contribution >= 4 is 18.0 Å². The number of nitrogens with two attached hydrogens (primary N) is 1. The van der Waals surface area contributed by atoms with Crippen molar-refractivity contribution < 1.29 is 46.5 Å². The van der Waals surface area contributed by atoms with Crippen LogP contribution in [0, 0.1) is 5.92 Å². The number of halogens is 2. The maximum atomic E-state index is 13.9. The summed E-state index contributed by atoms with van der Waals surface area (Å²) in [5.41, 5.74) is 6.48. The lowest BCUT2D eigenvalue weighted by molar-refractivity contribution is -0.143. The molecule has 230 valence electrons. The van der Waals surface area contributed by atoms with Crippen molar-refractivity contribution in [2.75, 3.05) is 26.9 Å². The van der Waals surface area contributed by atoms with E-state index in [9.17, 15) is 23.2 Å². The molecule has 1 aromatic heterocycles. The van der Waals surface area contributed by atoms with Gasteiger partial charge in [0.1, 0.15) is 0 Å². The molecule has 1 aromatic carbocycles. The van der Waals surface area contributed by atoms with Crippen molar-refractivity contribution in [1.29, 1.82) is 0 Å². The molecule has 2 aliphatic rings. The third-order valence-electron chi connectivity index (χ3n) is 7.02. The zero-order valence-corrected chi connectivity index (χ0v) is 23.8. The first-order chi connectivity index (χ1) is 20.1. The van der Waals surface area contributed by atoms with E-state index >= 15 is 0 Å². The van der Waals surface area contributed by atoms with Crippen LogP contribution in [0.1, 0.15) is 68.2 Å². The molecule has 0 radical (unpaired) electrons. The number of esters is 1. The first kappa shape index (κ1) is 31.0. The first-order valence-corrected chi connectivity index (χ1v) is 13.9. The number of alkyl carbamates (subject to hydrolysis) is 1. The molecule has 0 spiro atoms. The standard InChI is InChI=1S/C28H36F2N4O8/c1-4-39-22(35)10-8-19-12-18(32-28(37)38-3)13-34(19)26(36)23-24(15(2)31)42-25(33-23)17-7-9-20(41-27(29)30)21(11-17)40-14-16-5-6-16/h7,9,11,15-16,18-19,27H,4-6,8,10,12-14,31H2,1-3H3,(H,32,37)/t15-,18+,19+/m0/s1. The average Bonchev–Trinajstić information content (AvgIpc) is 3.52. The molecule has 1 saturated heterocycles. The summed E-state index contributed by atoms with van der Waals surface area (Å²) in [5.74, 6) is -0.400. The zero-order valence-electron chi connectivity index (χ0n) is 23.8. The third kappa shape index (κ3) is 7.87. The van der Waals surface area contributed by atoms with Crippen molar-refractivity contribution in [3.63, 3.8) is 0 Å². The Kier molecular flexibility index (Phi) is 10.2. The lowest BCUT2D eigenvalue weighted by Gasteiger charge is -2.24. The molecule has 12 nitrogen and oxygen atoms in total. The zero-order chi connectivity index (χ0) is 30.4. The number of carbonyl (C=O) groups is 3. The lowest BCUT2D eigenvalue weighted by atomic mass is 10.1. The van der Waals surface area contributed by atoms with Crippen molar-refractivity contribution in [3.8, 4) is 23.0 Å². The van der Waals surface area contributed by atoms with Crippen LogP contribution in [-0.4, -0.2) is 73.4 Å². The Hall–Kier alpha value is -3.94. The minimum Gasteiger partial charge on any atom is -0.489 e. The van der Waals surface area contributed by atoms with Gasteiger partial charge in [-0.2, -0.15) is 8.78 Å². The van der Waals surface area contributed by atoms with Crippen molar-refractivity contribution in [2.24, 2.45) is 11.7 Å². The van der Waals surface area contributed by atoms with Crippen LogP contribution in [0.4, 0.5) is 13.6 Å². The Bertz CT molecular complexity index is 1270. The molecule has 1 aliphatic heterocycles. The number of methoxy groups -OCH3 is 1. The van der Waals surface area contributed by atoms with Crippen LogP contribution >= 0.6 is 0 Å². The second kappa shape index (κ2) is 13.8. The summed E-state index contributed by atoms with van der Waals surface area (Å²) in [6.07, 6.45) is 2.12. The number of hydrogen-bond donors (Lipinski definition) is 2. The van der Waals surface area contributed by atoms with Gasteiger partial charge < -0.3 is 39.3 Å². The molecule has 3 atom stereocenters. The number of rotatable bonds is 13. The molecule has 1 saturated carbocycles. The quantitative estimate of drug-likeness (QED) is 0.325. The minimum absolute atomic E-state index is 0.0341. The summed E-state index contributed by atoms with van der Waals surface area (Å²) in [6, 6.07) is 2.71. The highest BCUT2D eigenvalue weighted by molar-refractivity contribution is 5.94. The van der Waals surface area contributed by atoms with E-state index in [-0.39, 0.29) is 48.4 Å². The topological polar surface area (TPSA) is 155 Å². The summed E-state index contributed by atoms with van der Waals surface area (Å²) < 4.78 is 52.0. The third-order valence-corrected chi connectivity index (χ3v) is 7.02. The normalized spacial score (nSPS) is 19.0. The van der Waals surface area contributed by atoms with E-state index in [0.29, 0.717) is 30.9 Å². The molecule has 14 heteroatoms. The Balaban J connectivity index is 1.61. The van der Waals surface area contributed by atoms with Gasteiger partial charge in [0, 0.05) is 24.6 Å². The average molecular weight is 595 g/mol. The maximum Gasteiger partial charge on any atom is 0.407 e. The molecule has 4 rings (SSSR count). The maximum absolute atomic E-state index is 13.9. The summed E-state index contributed by atoms with van der Waals surface area (Å²) >= 11 is 0. The number of carbonyl (C=O) groups excluding carboxylic acids is 3. The van der Waals surface area contributed by atoms with Crippen LogP contribution in [0.25, 0.3) is 11.5 Å². The van der Waals surface area contributed by atoms with Crippen LogP contribution in [0.2, 0.25) is 0 Å². The SMILES string of the molecule is CCOC(=O)CC[C@@H]1C[C@@H](NC(=O)OC)CN1C(=O)c1nc(-c2ccc(OC(F)F)c(OCC3CC3)c2)oc1[C@H](C)N. The molecule has 3 N–H and O–H groups in total. The van der Waals surface area contributed by atoms with Crippen LogP contribution in [-0.2, 0) is 14.3 Å². The van der Waals surface area contributed by atoms with E-state index in [1.807, 2.05) is 0 Å². The van der Waals surface area contributed by atoms with Crippen LogP contribution in [0.5, 0.6) is 11.5 Å². The Morgan fingerprint density at radius 3 is 2.64 bits per heavy atom. The number of amides is 2. The lowest BCUT2D eigenvalue weighted by Crippen LogP contribution is -2.40. The minimum atomic E-state index is -3.04. The summed E-state index contributed by atoms with van der Waals surface area (Å²) in [5, 5.41) is 2.71. The fraction of sp³-hybridized carbons (Fsp3) is 0.571. The molecule has 2 aromatic rings. The van der Waals surface area contributed by atoms with Crippen LogP contribution in [0.15, 0.2) is 22.6 Å². The second-order valence-electron chi connectivity index (χ2n) is 10.3. The Morgan fingerprint density at radius 2 is 2.00 bits per heavy atom. The molecule has 2 fully saturated rings. The number of oxazole rings is 1. The largest absolute Gasteiger partial charge is 0.489 e. The number of benzene rings is 1. The molecular formula is C28H36F2N4O8. The van der Waals surface area contributed by atoms with E-state index in [1.54, 1.807) is 13.8 Å². The first-order valence-electron chi connectivity index (χ1n) is 13.9. The Labute approximate surface area is 241 Å². The number of aromatic nitrogens is 1. The van der Waals surface area contributed by atoms with Gasteiger partial charge in [-0.05, 0) is 63.6 Å². The number of hydrogen-bond acceptors (Lipinski definition) is 10. The van der Waals surface area contributed by atoms with Gasteiger partial charge in [0.05, 0.1) is 32.4 Å².